The van der Waals surface area contributed by atoms with Gasteiger partial charge in [-0.05, 0) is 5.57 Å². The topological polar surface area (TPSA) is 34.1 Å². The third-order valence-corrected chi connectivity index (χ3v) is 3.60. The predicted molar refractivity (Wildman–Crippen MR) is 48.2 cm³/mol. The normalized spacial score (nSPS) is 29.7. The van der Waals surface area contributed by atoms with E-state index in [1.54, 1.807) is 18.2 Å². The lowest BCUT2D eigenvalue weighted by Crippen LogP contribution is -2.21. The summed E-state index contributed by atoms with van der Waals surface area (Å²) in [6, 6.07) is 0. The summed E-state index contributed by atoms with van der Waals surface area (Å²) in [4.78, 5) is 0. The Morgan fingerprint density at radius 3 is 2.75 bits per heavy atom. The minimum Gasteiger partial charge on any atom is -0.223 e. The maximum Gasteiger partial charge on any atom is 0.182 e. The number of fused-ring (bicyclic) bond motifs is 1. The summed E-state index contributed by atoms with van der Waals surface area (Å²) in [5, 5.41) is 0.803. The number of sulfone groups is 1. The van der Waals surface area contributed by atoms with Gasteiger partial charge in [0, 0.05) is 5.41 Å². The molecule has 0 aromatic carbocycles. The molecule has 0 bridgehead atoms. The van der Waals surface area contributed by atoms with Gasteiger partial charge in [-0.2, -0.15) is 0 Å². The van der Waals surface area contributed by atoms with Crippen LogP contribution in [0.1, 0.15) is 0 Å². The smallest absolute Gasteiger partial charge is 0.182 e. The minimum atomic E-state index is -3.07. The Bertz CT molecular complexity index is 408. The third-order valence-electron chi connectivity index (χ3n) is 1.93. The molecule has 0 fully saturated rings. The molecule has 0 spiro atoms. The van der Waals surface area contributed by atoms with Gasteiger partial charge in [0.2, 0.25) is 0 Å². The molecule has 1 unspecified atom stereocenters. The van der Waals surface area contributed by atoms with Crippen molar-refractivity contribution in [2.45, 2.75) is 5.25 Å². The van der Waals surface area contributed by atoms with E-state index in [9.17, 15) is 8.42 Å². The molecule has 0 amide bonds. The summed E-state index contributed by atoms with van der Waals surface area (Å²) in [5.41, 5.74) is 0.847. The first kappa shape index (κ1) is 7.55. The van der Waals surface area contributed by atoms with E-state index in [1.807, 2.05) is 18.2 Å². The molecule has 2 rings (SSSR count). The van der Waals surface area contributed by atoms with E-state index in [2.05, 4.69) is 0 Å². The van der Waals surface area contributed by atoms with Gasteiger partial charge in [0.1, 0.15) is 5.25 Å². The summed E-state index contributed by atoms with van der Waals surface area (Å²) in [7, 11) is -3.07. The first-order valence-electron chi connectivity index (χ1n) is 3.67. The quantitative estimate of drug-likeness (QED) is 0.564. The molecule has 0 aromatic rings. The fourth-order valence-electron chi connectivity index (χ4n) is 1.33. The molecular weight excluding hydrogens is 172 g/mol. The average molecular weight is 180 g/mol. The predicted octanol–water partition coefficient (Wildman–Crippen LogP) is 1.35. The number of rotatable bonds is 0. The molecule has 62 valence electrons. The van der Waals surface area contributed by atoms with Crippen LogP contribution in [0.2, 0.25) is 0 Å². The Balaban J connectivity index is 2.56. The van der Waals surface area contributed by atoms with Crippen LogP contribution in [0.3, 0.4) is 0 Å². The van der Waals surface area contributed by atoms with E-state index < -0.39 is 15.1 Å². The van der Waals surface area contributed by atoms with Gasteiger partial charge in [0.25, 0.3) is 0 Å². The van der Waals surface area contributed by atoms with Crippen LogP contribution in [0.25, 0.3) is 0 Å². The van der Waals surface area contributed by atoms with Crippen LogP contribution >= 0.6 is 0 Å². The van der Waals surface area contributed by atoms with E-state index in [0.29, 0.717) is 0 Å². The second-order valence-electron chi connectivity index (χ2n) is 2.75. The third kappa shape index (κ3) is 1.06. The summed E-state index contributed by atoms with van der Waals surface area (Å²) in [6.45, 7) is 0. The summed E-state index contributed by atoms with van der Waals surface area (Å²) >= 11 is 0. The van der Waals surface area contributed by atoms with Gasteiger partial charge in [-0.1, -0.05) is 36.5 Å². The maximum absolute atomic E-state index is 11.4. The molecule has 3 heteroatoms. The fraction of sp³-hybridized carbons (Fsp3) is 0.111. The maximum atomic E-state index is 11.4. The lowest BCUT2D eigenvalue weighted by atomic mass is 10.1. The van der Waals surface area contributed by atoms with E-state index in [4.69, 9.17) is 0 Å². The molecule has 2 nitrogen and oxygen atoms in total. The molecule has 1 aliphatic carbocycles. The highest BCUT2D eigenvalue weighted by Gasteiger charge is 2.25. The van der Waals surface area contributed by atoms with Gasteiger partial charge in [0.05, 0.1) is 0 Å². The van der Waals surface area contributed by atoms with E-state index in [0.717, 1.165) is 5.57 Å². The number of allylic oxidation sites excluding steroid dienone is 5. The van der Waals surface area contributed by atoms with E-state index >= 15 is 0 Å². The molecule has 1 heterocycles. The van der Waals surface area contributed by atoms with Crippen LogP contribution in [0.15, 0.2) is 47.4 Å². The molecule has 12 heavy (non-hydrogen) atoms. The summed E-state index contributed by atoms with van der Waals surface area (Å²) in [6.07, 6.45) is 10.5. The average Bonchev–Trinajstić information content (AvgIpc) is 2.04. The first-order valence-corrected chi connectivity index (χ1v) is 5.28. The molecule has 0 saturated carbocycles. The SMILES string of the molecule is O=S1(=O)C=CC=C2C=CC=CC21. The van der Waals surface area contributed by atoms with Crippen molar-refractivity contribution >= 4 is 9.84 Å². The van der Waals surface area contributed by atoms with Crippen LogP contribution < -0.4 is 0 Å². The van der Waals surface area contributed by atoms with Gasteiger partial charge in [0.15, 0.2) is 9.84 Å². The highest BCUT2D eigenvalue weighted by Crippen LogP contribution is 2.23. The Kier molecular flexibility index (Phi) is 1.54. The summed E-state index contributed by atoms with van der Waals surface area (Å²) < 4.78 is 22.8. The van der Waals surface area contributed by atoms with Gasteiger partial charge >= 0.3 is 0 Å². The van der Waals surface area contributed by atoms with Crippen LogP contribution in [-0.2, 0) is 9.84 Å². The number of hydrogen-bond acceptors (Lipinski definition) is 2. The Labute approximate surface area is 71.5 Å². The van der Waals surface area contributed by atoms with Crippen LogP contribution in [0.4, 0.5) is 0 Å². The highest BCUT2D eigenvalue weighted by molar-refractivity contribution is 7.95. The van der Waals surface area contributed by atoms with Crippen molar-refractivity contribution in [3.63, 3.8) is 0 Å². The Hall–Kier alpha value is -1.09. The van der Waals surface area contributed by atoms with Gasteiger partial charge in [-0.3, -0.25) is 0 Å². The molecule has 0 N–H and O–H groups in total. The molecule has 0 aromatic heterocycles. The van der Waals surface area contributed by atoms with Crippen molar-refractivity contribution in [2.24, 2.45) is 0 Å². The van der Waals surface area contributed by atoms with Crippen LogP contribution in [0.5, 0.6) is 0 Å². The first-order chi connectivity index (χ1) is 5.70. The van der Waals surface area contributed by atoms with Crippen molar-refractivity contribution in [1.82, 2.24) is 0 Å². The number of hydrogen-bond donors (Lipinski definition) is 0. The standard InChI is InChI=1S/C9H8O2S/c10-12(11)7-3-5-8-4-1-2-6-9(8)12/h1-7,9H. The van der Waals surface area contributed by atoms with E-state index in [-0.39, 0.29) is 0 Å². The molecule has 1 aliphatic heterocycles. The second-order valence-corrected chi connectivity index (χ2v) is 4.71. The zero-order valence-electron chi connectivity index (χ0n) is 6.34. The molecule has 1 atom stereocenters. The van der Waals surface area contributed by atoms with Crippen molar-refractivity contribution in [1.29, 1.82) is 0 Å². The monoisotopic (exact) mass is 180 g/mol. The largest absolute Gasteiger partial charge is 0.223 e. The van der Waals surface area contributed by atoms with E-state index in [1.165, 1.54) is 5.41 Å². The van der Waals surface area contributed by atoms with Crippen molar-refractivity contribution < 1.29 is 8.42 Å². The molecule has 0 radical (unpaired) electrons. The zero-order valence-corrected chi connectivity index (χ0v) is 7.16. The molecular formula is C9H8O2S. The zero-order chi connectivity index (χ0) is 8.60. The van der Waals surface area contributed by atoms with Crippen molar-refractivity contribution in [2.75, 3.05) is 0 Å². The minimum absolute atomic E-state index is 0.451. The lowest BCUT2D eigenvalue weighted by Gasteiger charge is -2.17. The summed E-state index contributed by atoms with van der Waals surface area (Å²) in [5.74, 6) is 0. The Morgan fingerprint density at radius 2 is 2.00 bits per heavy atom. The van der Waals surface area contributed by atoms with Gasteiger partial charge < -0.3 is 0 Å². The molecule has 2 aliphatic rings. The Morgan fingerprint density at radius 1 is 1.17 bits per heavy atom. The van der Waals surface area contributed by atoms with Gasteiger partial charge in [-0.15, -0.1) is 0 Å². The second kappa shape index (κ2) is 2.45. The van der Waals surface area contributed by atoms with Crippen molar-refractivity contribution in [3.8, 4) is 0 Å². The lowest BCUT2D eigenvalue weighted by molar-refractivity contribution is 0.601. The van der Waals surface area contributed by atoms with Crippen molar-refractivity contribution in [3.05, 3.63) is 47.4 Å². The van der Waals surface area contributed by atoms with Crippen LogP contribution in [-0.4, -0.2) is 13.7 Å². The molecule has 0 saturated heterocycles. The highest BCUT2D eigenvalue weighted by atomic mass is 32.2. The van der Waals surface area contributed by atoms with Gasteiger partial charge in [-0.25, -0.2) is 8.42 Å². The fourth-order valence-corrected chi connectivity index (χ4v) is 2.64. The van der Waals surface area contributed by atoms with Crippen LogP contribution in [0, 0.1) is 0 Å².